The Balaban J connectivity index is 2.12. The number of aryl methyl sites for hydroxylation is 2. The van der Waals surface area contributed by atoms with Crippen molar-refractivity contribution in [2.45, 2.75) is 26.8 Å². The van der Waals surface area contributed by atoms with Crippen molar-refractivity contribution in [3.8, 4) is 0 Å². The molecule has 0 saturated carbocycles. The van der Waals surface area contributed by atoms with E-state index in [-0.39, 0.29) is 11.7 Å². The Morgan fingerprint density at radius 2 is 1.95 bits per heavy atom. The first-order valence-corrected chi connectivity index (χ1v) is 6.74. The molecule has 6 heteroatoms. The lowest BCUT2D eigenvalue weighted by atomic mass is 10.2. The van der Waals surface area contributed by atoms with Gasteiger partial charge in [0.25, 0.3) is 5.69 Å². The zero-order chi connectivity index (χ0) is 14.0. The maximum Gasteiger partial charge on any atom is 0.269 e. The van der Waals surface area contributed by atoms with Crippen molar-refractivity contribution in [3.05, 3.63) is 50.0 Å². The van der Waals surface area contributed by atoms with Crippen molar-refractivity contribution in [1.29, 1.82) is 0 Å². The molecule has 0 amide bonds. The van der Waals surface area contributed by atoms with Gasteiger partial charge in [-0.1, -0.05) is 0 Å². The lowest BCUT2D eigenvalue weighted by Gasteiger charge is -2.14. The molecule has 5 nitrogen and oxygen atoms in total. The maximum atomic E-state index is 10.6. The summed E-state index contributed by atoms with van der Waals surface area (Å²) in [5, 5.41) is 14.9. The molecule has 1 atom stereocenters. The molecular weight excluding hydrogens is 262 g/mol. The highest BCUT2D eigenvalue weighted by molar-refractivity contribution is 7.11. The Morgan fingerprint density at radius 3 is 2.42 bits per heavy atom. The van der Waals surface area contributed by atoms with Gasteiger partial charge in [0.1, 0.15) is 0 Å². The Labute approximate surface area is 115 Å². The molecular formula is C13H15N3O2S. The summed E-state index contributed by atoms with van der Waals surface area (Å²) >= 11 is 1.67. The van der Waals surface area contributed by atoms with Gasteiger partial charge in [-0.05, 0) is 32.9 Å². The molecule has 0 aliphatic carbocycles. The first-order chi connectivity index (χ1) is 8.97. The predicted molar refractivity (Wildman–Crippen MR) is 76.7 cm³/mol. The predicted octanol–water partition coefficient (Wildman–Crippen LogP) is 3.84. The molecule has 0 radical (unpaired) electrons. The Kier molecular flexibility index (Phi) is 3.80. The Morgan fingerprint density at radius 1 is 1.32 bits per heavy atom. The monoisotopic (exact) mass is 277 g/mol. The fourth-order valence-corrected chi connectivity index (χ4v) is 2.86. The quantitative estimate of drug-likeness (QED) is 0.681. The minimum absolute atomic E-state index is 0.0754. The van der Waals surface area contributed by atoms with Gasteiger partial charge in [-0.25, -0.2) is 4.98 Å². The number of hydrogen-bond donors (Lipinski definition) is 1. The summed E-state index contributed by atoms with van der Waals surface area (Å²) in [6, 6.07) is 6.49. The van der Waals surface area contributed by atoms with Crippen LogP contribution in [0.3, 0.4) is 0 Å². The normalized spacial score (nSPS) is 12.2. The van der Waals surface area contributed by atoms with E-state index in [0.29, 0.717) is 0 Å². The molecule has 2 rings (SSSR count). The van der Waals surface area contributed by atoms with Crippen LogP contribution in [-0.4, -0.2) is 9.91 Å². The molecule has 19 heavy (non-hydrogen) atoms. The lowest BCUT2D eigenvalue weighted by Crippen LogP contribution is -2.08. The number of nitro benzene ring substituents is 1. The summed E-state index contributed by atoms with van der Waals surface area (Å²) < 4.78 is 0. The average molecular weight is 277 g/mol. The number of nitrogens with zero attached hydrogens (tertiary/aromatic N) is 2. The van der Waals surface area contributed by atoms with Crippen molar-refractivity contribution >= 4 is 22.7 Å². The second-order valence-corrected chi connectivity index (χ2v) is 5.75. The van der Waals surface area contributed by atoms with E-state index in [2.05, 4.69) is 10.3 Å². The van der Waals surface area contributed by atoms with E-state index in [9.17, 15) is 10.1 Å². The lowest BCUT2D eigenvalue weighted by molar-refractivity contribution is -0.384. The van der Waals surface area contributed by atoms with Gasteiger partial charge in [-0.3, -0.25) is 10.1 Å². The highest BCUT2D eigenvalue weighted by Crippen LogP contribution is 2.26. The van der Waals surface area contributed by atoms with E-state index < -0.39 is 4.92 Å². The van der Waals surface area contributed by atoms with E-state index in [1.165, 1.54) is 17.0 Å². The van der Waals surface area contributed by atoms with Crippen LogP contribution in [0, 0.1) is 24.0 Å². The third-order valence-corrected chi connectivity index (χ3v) is 3.71. The number of hydrogen-bond acceptors (Lipinski definition) is 5. The molecule has 0 aliphatic heterocycles. The van der Waals surface area contributed by atoms with Crippen LogP contribution in [0.4, 0.5) is 11.4 Å². The number of rotatable bonds is 4. The fraction of sp³-hybridized carbons (Fsp3) is 0.308. The van der Waals surface area contributed by atoms with Crippen LogP contribution in [0.5, 0.6) is 0 Å². The molecule has 0 saturated heterocycles. The van der Waals surface area contributed by atoms with Gasteiger partial charge in [-0.2, -0.15) is 0 Å². The van der Waals surface area contributed by atoms with E-state index in [0.717, 1.165) is 16.4 Å². The van der Waals surface area contributed by atoms with Crippen LogP contribution in [0.1, 0.15) is 28.5 Å². The Hall–Kier alpha value is -1.95. The zero-order valence-electron chi connectivity index (χ0n) is 11.0. The number of aromatic nitrogens is 1. The van der Waals surface area contributed by atoms with Gasteiger partial charge in [0, 0.05) is 22.7 Å². The summed E-state index contributed by atoms with van der Waals surface area (Å²) in [6.45, 7) is 6.07. The van der Waals surface area contributed by atoms with Crippen molar-refractivity contribution in [1.82, 2.24) is 4.98 Å². The molecule has 1 heterocycles. The largest absolute Gasteiger partial charge is 0.377 e. The van der Waals surface area contributed by atoms with Gasteiger partial charge in [-0.15, -0.1) is 11.3 Å². The van der Waals surface area contributed by atoms with Crippen LogP contribution in [-0.2, 0) is 0 Å². The van der Waals surface area contributed by atoms with Crippen LogP contribution < -0.4 is 5.32 Å². The van der Waals surface area contributed by atoms with Crippen LogP contribution in [0.15, 0.2) is 24.3 Å². The van der Waals surface area contributed by atoms with Crippen molar-refractivity contribution in [3.63, 3.8) is 0 Å². The fourth-order valence-electron chi connectivity index (χ4n) is 1.94. The molecule has 0 aliphatic rings. The van der Waals surface area contributed by atoms with Crippen LogP contribution in [0.2, 0.25) is 0 Å². The minimum atomic E-state index is -0.402. The number of nitro groups is 1. The average Bonchev–Trinajstić information content (AvgIpc) is 2.69. The number of benzene rings is 1. The topological polar surface area (TPSA) is 68.1 Å². The molecule has 1 N–H and O–H groups in total. The molecule has 1 aromatic heterocycles. The second kappa shape index (κ2) is 5.36. The zero-order valence-corrected chi connectivity index (χ0v) is 11.8. The minimum Gasteiger partial charge on any atom is -0.377 e. The molecule has 2 aromatic rings. The Bertz CT molecular complexity index is 592. The molecule has 1 aromatic carbocycles. The van der Waals surface area contributed by atoms with Gasteiger partial charge >= 0.3 is 0 Å². The van der Waals surface area contributed by atoms with Crippen LogP contribution in [0.25, 0.3) is 0 Å². The first kappa shape index (κ1) is 13.5. The smallest absolute Gasteiger partial charge is 0.269 e. The van der Waals surface area contributed by atoms with Crippen molar-refractivity contribution in [2.24, 2.45) is 0 Å². The van der Waals surface area contributed by atoms with E-state index in [1.54, 1.807) is 23.5 Å². The van der Waals surface area contributed by atoms with Gasteiger partial charge < -0.3 is 5.32 Å². The number of non-ortho nitro benzene ring substituents is 1. The molecule has 0 fully saturated rings. The molecule has 0 bridgehead atoms. The van der Waals surface area contributed by atoms with Gasteiger partial charge in [0.2, 0.25) is 0 Å². The van der Waals surface area contributed by atoms with E-state index in [4.69, 9.17) is 0 Å². The summed E-state index contributed by atoms with van der Waals surface area (Å²) in [5.41, 5.74) is 1.97. The van der Waals surface area contributed by atoms with Crippen molar-refractivity contribution in [2.75, 3.05) is 5.32 Å². The van der Waals surface area contributed by atoms with Gasteiger partial charge in [0.15, 0.2) is 0 Å². The molecule has 0 spiro atoms. The summed E-state index contributed by atoms with van der Waals surface area (Å²) in [5.74, 6) is 0. The highest BCUT2D eigenvalue weighted by atomic mass is 32.1. The summed E-state index contributed by atoms with van der Waals surface area (Å²) in [7, 11) is 0. The number of thiazole rings is 1. The number of anilines is 1. The molecule has 1 unspecified atom stereocenters. The van der Waals surface area contributed by atoms with Crippen molar-refractivity contribution < 1.29 is 4.92 Å². The highest BCUT2D eigenvalue weighted by Gasteiger charge is 2.13. The summed E-state index contributed by atoms with van der Waals surface area (Å²) in [4.78, 5) is 15.9. The second-order valence-electron chi connectivity index (χ2n) is 4.34. The van der Waals surface area contributed by atoms with Crippen LogP contribution >= 0.6 is 11.3 Å². The summed E-state index contributed by atoms with van der Waals surface area (Å²) in [6.07, 6.45) is 0. The third-order valence-electron chi connectivity index (χ3n) is 2.81. The van der Waals surface area contributed by atoms with Gasteiger partial charge in [0.05, 0.1) is 21.7 Å². The molecule has 100 valence electrons. The number of nitrogens with one attached hydrogen (secondary N) is 1. The maximum absolute atomic E-state index is 10.6. The first-order valence-electron chi connectivity index (χ1n) is 5.92. The third kappa shape index (κ3) is 3.08. The SMILES string of the molecule is Cc1nc(C(C)Nc2ccc([N+](=O)[O-])cc2)c(C)s1. The van der Waals surface area contributed by atoms with E-state index >= 15 is 0 Å². The van der Waals surface area contributed by atoms with E-state index in [1.807, 2.05) is 20.8 Å². The standard InChI is InChI=1S/C13H15N3O2S/c1-8(13-9(2)19-10(3)15-13)14-11-4-6-12(7-5-11)16(17)18/h4-8,14H,1-3H3.